The number of tetrazole rings is 1. The summed E-state index contributed by atoms with van der Waals surface area (Å²) in [5, 5.41) is 26.7. The monoisotopic (exact) mass is 337 g/mol. The molecule has 22 heavy (non-hydrogen) atoms. The molecule has 3 aromatic heterocycles. The molecule has 9 nitrogen and oxygen atoms in total. The van der Waals surface area contributed by atoms with Crippen molar-refractivity contribution in [3.8, 4) is 9.88 Å². The molecule has 0 saturated heterocycles. The number of aromatic amines is 1. The molecule has 0 saturated carbocycles. The molecule has 0 aliphatic heterocycles. The first-order valence-electron chi connectivity index (χ1n) is 6.13. The number of hydrogen-bond acceptors (Lipinski definition) is 9. The highest BCUT2D eigenvalue weighted by molar-refractivity contribution is 7.20. The largest absolute Gasteiger partial charge is 0.393 e. The normalized spacial score (nSPS) is 12.3. The molecule has 0 aliphatic carbocycles. The van der Waals surface area contributed by atoms with Crippen molar-refractivity contribution in [2.75, 3.05) is 11.5 Å². The number of thiazole rings is 1. The van der Waals surface area contributed by atoms with Crippen molar-refractivity contribution in [1.29, 1.82) is 0 Å². The van der Waals surface area contributed by atoms with Crippen LogP contribution in [-0.4, -0.2) is 49.4 Å². The number of thiophene rings is 1. The van der Waals surface area contributed by atoms with Gasteiger partial charge in [0.25, 0.3) is 11.9 Å². The van der Waals surface area contributed by atoms with Gasteiger partial charge in [0.15, 0.2) is 0 Å². The number of amides is 1. The van der Waals surface area contributed by atoms with Gasteiger partial charge in [-0.2, -0.15) is 5.21 Å². The van der Waals surface area contributed by atoms with Crippen LogP contribution in [0, 0.1) is 0 Å². The summed E-state index contributed by atoms with van der Waals surface area (Å²) in [4.78, 5) is 18.9. The molecule has 4 N–H and O–H groups in total. The molecule has 0 radical (unpaired) electrons. The van der Waals surface area contributed by atoms with E-state index in [1.54, 1.807) is 5.38 Å². The lowest BCUT2D eigenvalue weighted by atomic mass is 10.3. The smallest absolute Gasteiger partial charge is 0.281 e. The minimum absolute atomic E-state index is 0.0165. The minimum atomic E-state index is -0.989. The molecule has 3 heterocycles. The van der Waals surface area contributed by atoms with Crippen molar-refractivity contribution in [3.05, 3.63) is 28.6 Å². The number of nitrogens with two attached hydrogens (primary N) is 1. The van der Waals surface area contributed by atoms with E-state index < -0.39 is 18.7 Å². The summed E-state index contributed by atoms with van der Waals surface area (Å²) < 4.78 is 0. The number of anilines is 1. The van der Waals surface area contributed by atoms with Crippen LogP contribution in [0.5, 0.6) is 0 Å². The summed E-state index contributed by atoms with van der Waals surface area (Å²) in [6.07, 6.45) is -0.989. The lowest BCUT2D eigenvalue weighted by molar-refractivity contribution is 0.0958. The van der Waals surface area contributed by atoms with Crippen molar-refractivity contribution < 1.29 is 9.90 Å². The molecule has 1 unspecified atom stereocenters. The Morgan fingerprint density at radius 1 is 1.50 bits per heavy atom. The maximum absolute atomic E-state index is 12.6. The zero-order valence-electron chi connectivity index (χ0n) is 11.1. The second-order valence-corrected chi connectivity index (χ2v) is 5.96. The van der Waals surface area contributed by atoms with E-state index in [1.165, 1.54) is 22.7 Å². The molecule has 1 amide bonds. The van der Waals surface area contributed by atoms with Gasteiger partial charge >= 0.3 is 0 Å². The van der Waals surface area contributed by atoms with Crippen LogP contribution in [0.2, 0.25) is 0 Å². The number of nitrogens with one attached hydrogen (secondary N) is 1. The first-order valence-corrected chi connectivity index (χ1v) is 7.89. The fraction of sp³-hybridized carbons (Fsp3) is 0.182. The topological polar surface area (TPSA) is 134 Å². The molecule has 1 atom stereocenters. The van der Waals surface area contributed by atoms with Gasteiger partial charge in [0.2, 0.25) is 0 Å². The average Bonchev–Trinajstić information content (AvgIpc) is 3.26. The van der Waals surface area contributed by atoms with Gasteiger partial charge in [0.05, 0.1) is 11.5 Å². The Balaban J connectivity index is 1.91. The van der Waals surface area contributed by atoms with Crippen LogP contribution in [0.15, 0.2) is 22.9 Å². The second-order valence-electron chi connectivity index (χ2n) is 4.15. The fourth-order valence-electron chi connectivity index (χ4n) is 1.74. The Bertz CT molecular complexity index is 740. The van der Waals surface area contributed by atoms with Crippen LogP contribution in [0.4, 0.5) is 5.95 Å². The van der Waals surface area contributed by atoms with Gasteiger partial charge in [-0.15, -0.1) is 27.8 Å². The van der Waals surface area contributed by atoms with Crippen LogP contribution in [-0.2, 0) is 0 Å². The first-order chi connectivity index (χ1) is 10.7. The molecule has 114 valence electrons. The van der Waals surface area contributed by atoms with Gasteiger partial charge in [-0.05, 0) is 16.7 Å². The van der Waals surface area contributed by atoms with E-state index in [0.717, 1.165) is 14.8 Å². The lowest BCUT2D eigenvalue weighted by Gasteiger charge is -2.22. The quantitative estimate of drug-likeness (QED) is 0.570. The van der Waals surface area contributed by atoms with Gasteiger partial charge in [-0.3, -0.25) is 9.69 Å². The number of nitrogens with zero attached hydrogens (tertiary/aromatic N) is 5. The summed E-state index contributed by atoms with van der Waals surface area (Å²) in [6, 6.07) is 3.84. The molecule has 3 rings (SSSR count). The highest BCUT2D eigenvalue weighted by atomic mass is 32.1. The highest BCUT2D eigenvalue weighted by Crippen LogP contribution is 2.28. The van der Waals surface area contributed by atoms with E-state index in [4.69, 9.17) is 5.73 Å². The molecule has 0 spiro atoms. The maximum atomic E-state index is 12.6. The predicted octanol–water partition coefficient (Wildman–Crippen LogP) is 0.309. The van der Waals surface area contributed by atoms with E-state index in [0.29, 0.717) is 0 Å². The number of aliphatic hydroxyl groups is 1. The van der Waals surface area contributed by atoms with Crippen LogP contribution < -0.4 is 10.6 Å². The molecular formula is C11H11N7O2S2. The van der Waals surface area contributed by atoms with E-state index in [9.17, 15) is 9.90 Å². The number of rotatable bonds is 5. The third-order valence-electron chi connectivity index (χ3n) is 2.74. The number of carbonyl (C=O) groups excluding carboxylic acids is 1. The number of H-pyrrole nitrogens is 1. The molecule has 3 aromatic rings. The Kier molecular flexibility index (Phi) is 4.20. The van der Waals surface area contributed by atoms with Crippen LogP contribution >= 0.6 is 22.7 Å². The zero-order chi connectivity index (χ0) is 15.5. The van der Waals surface area contributed by atoms with Crippen LogP contribution in [0.25, 0.3) is 9.88 Å². The van der Waals surface area contributed by atoms with E-state index in [-0.39, 0.29) is 11.6 Å². The van der Waals surface area contributed by atoms with Crippen molar-refractivity contribution in [2.45, 2.75) is 6.17 Å². The predicted molar refractivity (Wildman–Crippen MR) is 81.5 cm³/mol. The van der Waals surface area contributed by atoms with Crippen LogP contribution in [0.3, 0.4) is 0 Å². The van der Waals surface area contributed by atoms with Gasteiger partial charge in [-0.1, -0.05) is 11.2 Å². The third-order valence-corrected chi connectivity index (χ3v) is 4.62. The number of hydrogen-bond donors (Lipinski definition) is 3. The third kappa shape index (κ3) is 2.74. The molecular weight excluding hydrogens is 326 g/mol. The minimum Gasteiger partial charge on any atom is -0.393 e. The first kappa shape index (κ1) is 14.7. The zero-order valence-corrected chi connectivity index (χ0v) is 12.7. The number of carbonyl (C=O) groups is 1. The van der Waals surface area contributed by atoms with Crippen molar-refractivity contribution in [2.24, 2.45) is 5.73 Å². The van der Waals surface area contributed by atoms with Gasteiger partial charge in [0, 0.05) is 5.38 Å². The summed E-state index contributed by atoms with van der Waals surface area (Å²) >= 11 is 2.89. The summed E-state index contributed by atoms with van der Waals surface area (Å²) in [5.74, 6) is -0.515. The maximum Gasteiger partial charge on any atom is 0.281 e. The second kappa shape index (κ2) is 6.27. The van der Waals surface area contributed by atoms with Crippen molar-refractivity contribution in [3.63, 3.8) is 0 Å². The standard InChI is InChI=1S/C11H11N7O2S2/c12-8(4-19)18(11-14-16-17-15-11)10(20)6-5-22-9(13-6)7-2-1-3-21-7/h1-3,5,8,19H,4,12H2,(H,14,15,16,17). The summed E-state index contributed by atoms with van der Waals surface area (Å²) in [7, 11) is 0. The summed E-state index contributed by atoms with van der Waals surface area (Å²) in [5.41, 5.74) is 5.97. The Labute approximate surface area is 132 Å². The van der Waals surface area contributed by atoms with Gasteiger partial charge < -0.3 is 10.8 Å². The van der Waals surface area contributed by atoms with Gasteiger partial charge in [0.1, 0.15) is 16.9 Å². The fourth-order valence-corrected chi connectivity index (χ4v) is 3.35. The molecule has 0 bridgehead atoms. The average molecular weight is 337 g/mol. The Morgan fingerprint density at radius 3 is 3.00 bits per heavy atom. The Hall–Kier alpha value is -2.21. The lowest BCUT2D eigenvalue weighted by Crippen LogP contribution is -2.49. The molecule has 0 aliphatic rings. The number of aliphatic hydroxyl groups excluding tert-OH is 1. The summed E-state index contributed by atoms with van der Waals surface area (Å²) in [6.45, 7) is -0.442. The Morgan fingerprint density at radius 2 is 2.36 bits per heavy atom. The van der Waals surface area contributed by atoms with Crippen LogP contribution in [0.1, 0.15) is 10.5 Å². The van der Waals surface area contributed by atoms with E-state index in [1.807, 2.05) is 17.5 Å². The highest BCUT2D eigenvalue weighted by Gasteiger charge is 2.28. The molecule has 11 heteroatoms. The van der Waals surface area contributed by atoms with E-state index >= 15 is 0 Å². The van der Waals surface area contributed by atoms with E-state index in [2.05, 4.69) is 25.6 Å². The SMILES string of the molecule is NC(CO)N(C(=O)c1csc(-c2cccs2)n1)c1nn[nH]n1. The number of aromatic nitrogens is 5. The molecule has 0 fully saturated rings. The van der Waals surface area contributed by atoms with Crippen molar-refractivity contribution >= 4 is 34.5 Å². The van der Waals surface area contributed by atoms with Crippen molar-refractivity contribution in [1.82, 2.24) is 25.6 Å². The van der Waals surface area contributed by atoms with Gasteiger partial charge in [-0.25, -0.2) is 4.98 Å². The molecule has 0 aromatic carbocycles.